The molecule has 2 fully saturated rings. The van der Waals surface area contributed by atoms with E-state index in [1.807, 2.05) is 30.3 Å². The molecule has 0 radical (unpaired) electrons. The topological polar surface area (TPSA) is 134 Å². The van der Waals surface area contributed by atoms with Crippen LogP contribution in [-0.2, 0) is 9.59 Å². The first-order chi connectivity index (χ1) is 16.8. The lowest BCUT2D eigenvalue weighted by molar-refractivity contribution is -0.385. The van der Waals surface area contributed by atoms with Gasteiger partial charge in [-0.05, 0) is 30.0 Å². The summed E-state index contributed by atoms with van der Waals surface area (Å²) in [6.45, 7) is 1.77. The SMILES string of the molecule is COc1cc([N+](=O)[O-])cc(/C=C2/SC(=O)N(CC(=O)N3CCN(c4ccccc4)CC3)C2=O)c1O. The molecule has 2 saturated heterocycles. The monoisotopic (exact) mass is 498 g/mol. The van der Waals surface area contributed by atoms with Gasteiger partial charge >= 0.3 is 0 Å². The summed E-state index contributed by atoms with van der Waals surface area (Å²) < 4.78 is 4.96. The number of rotatable bonds is 6. The molecule has 0 bridgehead atoms. The molecule has 2 aromatic rings. The molecule has 0 aliphatic carbocycles. The standard InChI is InChI=1S/C23H22N4O7S/c1-34-18-13-17(27(32)33)11-15(21(18)29)12-19-22(30)26(23(31)35-19)14-20(28)25-9-7-24(8-10-25)16-5-3-2-4-6-16/h2-6,11-13,29H,7-10,14H2,1H3/b19-12+. The van der Waals surface area contributed by atoms with E-state index in [1.54, 1.807) is 4.90 Å². The number of imide groups is 1. The second-order valence-electron chi connectivity index (χ2n) is 7.81. The number of para-hydroxylation sites is 1. The summed E-state index contributed by atoms with van der Waals surface area (Å²) in [5, 5.41) is 20.9. The number of phenols is 1. The van der Waals surface area contributed by atoms with Crippen molar-refractivity contribution in [3.63, 3.8) is 0 Å². The Hall–Kier alpha value is -4.06. The third-order valence-corrected chi connectivity index (χ3v) is 6.63. The van der Waals surface area contributed by atoms with E-state index in [0.717, 1.165) is 22.7 Å². The third kappa shape index (κ3) is 5.06. The predicted molar refractivity (Wildman–Crippen MR) is 129 cm³/mol. The maximum atomic E-state index is 12.9. The van der Waals surface area contributed by atoms with E-state index in [-0.39, 0.29) is 27.8 Å². The molecule has 35 heavy (non-hydrogen) atoms. The Balaban J connectivity index is 1.44. The van der Waals surface area contributed by atoms with Gasteiger partial charge in [0.2, 0.25) is 5.91 Å². The number of piperazine rings is 1. The van der Waals surface area contributed by atoms with Gasteiger partial charge in [0.25, 0.3) is 16.8 Å². The lowest BCUT2D eigenvalue weighted by atomic mass is 10.1. The number of aromatic hydroxyl groups is 1. The van der Waals surface area contributed by atoms with Crippen LogP contribution in [0.4, 0.5) is 16.2 Å². The minimum Gasteiger partial charge on any atom is -0.504 e. The fraction of sp³-hybridized carbons (Fsp3) is 0.261. The molecular weight excluding hydrogens is 476 g/mol. The number of phenolic OH excluding ortho intramolecular Hbond substituents is 1. The number of methoxy groups -OCH3 is 1. The van der Waals surface area contributed by atoms with Gasteiger partial charge in [-0.2, -0.15) is 0 Å². The van der Waals surface area contributed by atoms with Crippen LogP contribution in [0.25, 0.3) is 6.08 Å². The lowest BCUT2D eigenvalue weighted by Gasteiger charge is -2.36. The Morgan fingerprint density at radius 2 is 1.86 bits per heavy atom. The zero-order chi connectivity index (χ0) is 25.1. The van der Waals surface area contributed by atoms with Gasteiger partial charge in [-0.3, -0.25) is 29.4 Å². The number of non-ortho nitro benzene ring substituents is 1. The smallest absolute Gasteiger partial charge is 0.294 e. The van der Waals surface area contributed by atoms with Gasteiger partial charge in [-0.1, -0.05) is 18.2 Å². The molecule has 3 amide bonds. The summed E-state index contributed by atoms with van der Waals surface area (Å²) in [6, 6.07) is 12.0. The first-order valence-corrected chi connectivity index (χ1v) is 11.5. The number of benzene rings is 2. The third-order valence-electron chi connectivity index (χ3n) is 5.73. The molecule has 12 heteroatoms. The minimum atomic E-state index is -0.707. The largest absolute Gasteiger partial charge is 0.504 e. The number of carbonyl (C=O) groups is 3. The number of anilines is 1. The van der Waals surface area contributed by atoms with Crippen LogP contribution in [0, 0.1) is 10.1 Å². The van der Waals surface area contributed by atoms with E-state index in [0.29, 0.717) is 37.9 Å². The Bertz CT molecular complexity index is 1210. The molecule has 0 unspecified atom stereocenters. The number of hydrogen-bond acceptors (Lipinski definition) is 9. The quantitative estimate of drug-likeness (QED) is 0.362. The molecule has 2 aromatic carbocycles. The highest BCUT2D eigenvalue weighted by Crippen LogP contribution is 2.39. The number of hydrogen-bond donors (Lipinski definition) is 1. The van der Waals surface area contributed by atoms with E-state index in [1.165, 1.54) is 13.2 Å². The molecule has 1 N–H and O–H groups in total. The average molecular weight is 499 g/mol. The molecule has 11 nitrogen and oxygen atoms in total. The fourth-order valence-electron chi connectivity index (χ4n) is 3.85. The predicted octanol–water partition coefficient (Wildman–Crippen LogP) is 2.69. The summed E-state index contributed by atoms with van der Waals surface area (Å²) in [5.74, 6) is -1.60. The van der Waals surface area contributed by atoms with Gasteiger partial charge in [0, 0.05) is 43.5 Å². The lowest BCUT2D eigenvalue weighted by Crippen LogP contribution is -2.51. The zero-order valence-corrected chi connectivity index (χ0v) is 19.6. The second-order valence-corrected chi connectivity index (χ2v) is 8.81. The highest BCUT2D eigenvalue weighted by Gasteiger charge is 2.38. The molecule has 0 saturated carbocycles. The van der Waals surface area contributed by atoms with Crippen molar-refractivity contribution in [2.75, 3.05) is 44.7 Å². The van der Waals surface area contributed by atoms with Crippen LogP contribution in [0.5, 0.6) is 11.5 Å². The molecule has 182 valence electrons. The highest BCUT2D eigenvalue weighted by atomic mass is 32.2. The van der Waals surface area contributed by atoms with E-state index in [9.17, 15) is 29.6 Å². The van der Waals surface area contributed by atoms with E-state index >= 15 is 0 Å². The highest BCUT2D eigenvalue weighted by molar-refractivity contribution is 8.18. The zero-order valence-electron chi connectivity index (χ0n) is 18.7. The van der Waals surface area contributed by atoms with Crippen LogP contribution >= 0.6 is 11.8 Å². The van der Waals surface area contributed by atoms with Crippen LogP contribution in [0.2, 0.25) is 0 Å². The Labute approximate surface area is 204 Å². The van der Waals surface area contributed by atoms with Crippen LogP contribution < -0.4 is 9.64 Å². The van der Waals surface area contributed by atoms with Crippen LogP contribution in [0.1, 0.15) is 5.56 Å². The normalized spacial score (nSPS) is 17.3. The van der Waals surface area contributed by atoms with Crippen molar-refractivity contribution in [2.45, 2.75) is 0 Å². The summed E-state index contributed by atoms with van der Waals surface area (Å²) >= 11 is 0.597. The van der Waals surface area contributed by atoms with E-state index in [4.69, 9.17) is 4.74 Å². The Kier molecular flexibility index (Phi) is 6.92. The summed E-state index contributed by atoms with van der Waals surface area (Å²) in [5.41, 5.74) is 0.663. The van der Waals surface area contributed by atoms with Gasteiger partial charge in [0.15, 0.2) is 11.5 Å². The molecule has 2 aliphatic heterocycles. The van der Waals surface area contributed by atoms with Crippen LogP contribution in [0.3, 0.4) is 0 Å². The van der Waals surface area contributed by atoms with Gasteiger partial charge in [0.1, 0.15) is 6.54 Å². The molecule has 4 rings (SSSR count). The maximum Gasteiger partial charge on any atom is 0.294 e. The molecule has 2 heterocycles. The van der Waals surface area contributed by atoms with Crippen molar-refractivity contribution in [3.05, 3.63) is 63.0 Å². The van der Waals surface area contributed by atoms with Crippen molar-refractivity contribution < 1.29 is 29.2 Å². The van der Waals surface area contributed by atoms with Gasteiger partial charge in [0.05, 0.1) is 23.0 Å². The number of carbonyl (C=O) groups excluding carboxylic acids is 3. The van der Waals surface area contributed by atoms with Gasteiger partial charge in [-0.15, -0.1) is 0 Å². The molecular formula is C23H22N4O7S. The van der Waals surface area contributed by atoms with Gasteiger partial charge in [-0.25, -0.2) is 0 Å². The summed E-state index contributed by atoms with van der Waals surface area (Å²) in [6.07, 6.45) is 1.18. The number of amides is 3. The Morgan fingerprint density at radius 3 is 2.49 bits per heavy atom. The molecule has 2 aliphatic rings. The van der Waals surface area contributed by atoms with Gasteiger partial charge < -0.3 is 19.6 Å². The number of thioether (sulfide) groups is 1. The number of ether oxygens (including phenoxy) is 1. The van der Waals surface area contributed by atoms with Crippen molar-refractivity contribution in [2.24, 2.45) is 0 Å². The summed E-state index contributed by atoms with van der Waals surface area (Å²) in [7, 11) is 1.24. The molecule has 0 atom stereocenters. The minimum absolute atomic E-state index is 0.0510. The van der Waals surface area contributed by atoms with Crippen molar-refractivity contribution in [3.8, 4) is 11.5 Å². The number of nitro groups is 1. The van der Waals surface area contributed by atoms with Crippen molar-refractivity contribution >= 4 is 46.3 Å². The molecule has 0 aromatic heterocycles. The van der Waals surface area contributed by atoms with E-state index in [2.05, 4.69) is 4.90 Å². The number of nitrogens with zero attached hydrogens (tertiary/aromatic N) is 4. The molecule has 0 spiro atoms. The van der Waals surface area contributed by atoms with E-state index < -0.39 is 28.4 Å². The van der Waals surface area contributed by atoms with Crippen molar-refractivity contribution in [1.29, 1.82) is 0 Å². The maximum absolute atomic E-state index is 12.9. The Morgan fingerprint density at radius 1 is 1.17 bits per heavy atom. The fourth-order valence-corrected chi connectivity index (χ4v) is 4.68. The van der Waals surface area contributed by atoms with Crippen molar-refractivity contribution in [1.82, 2.24) is 9.80 Å². The van der Waals surface area contributed by atoms with Crippen LogP contribution in [-0.4, -0.2) is 76.7 Å². The number of nitro benzene ring substituents is 1. The van der Waals surface area contributed by atoms with Crippen LogP contribution in [0.15, 0.2) is 47.4 Å². The summed E-state index contributed by atoms with van der Waals surface area (Å²) in [4.78, 5) is 53.2. The average Bonchev–Trinajstić information content (AvgIpc) is 3.13. The first kappa shape index (κ1) is 24.1. The second kappa shape index (κ2) is 10.1. The first-order valence-electron chi connectivity index (χ1n) is 10.7.